The van der Waals surface area contributed by atoms with Gasteiger partial charge < -0.3 is 14.2 Å². The van der Waals surface area contributed by atoms with E-state index < -0.39 is 0 Å². The molecule has 0 aliphatic carbocycles. The lowest BCUT2D eigenvalue weighted by Gasteiger charge is -2.36. The fraction of sp³-hybridized carbons (Fsp3) is 0.500. The summed E-state index contributed by atoms with van der Waals surface area (Å²) in [7, 11) is 0. The molecule has 0 saturated carbocycles. The predicted octanol–water partition coefficient (Wildman–Crippen LogP) is 3.85. The first-order chi connectivity index (χ1) is 9.15. The topological polar surface area (TPSA) is 27.7 Å². The Kier molecular flexibility index (Phi) is 3.23. The zero-order valence-corrected chi connectivity index (χ0v) is 11.5. The quantitative estimate of drug-likeness (QED) is 0.756. The molecule has 3 heteroatoms. The molecule has 2 aliphatic rings. The monoisotopic (exact) mass is 260 g/mol. The van der Waals surface area contributed by atoms with Crippen LogP contribution in [-0.4, -0.2) is 12.9 Å². The molecule has 3 rings (SSSR count). The molecule has 0 aromatic heterocycles. The van der Waals surface area contributed by atoms with Gasteiger partial charge in [0.1, 0.15) is 0 Å². The van der Waals surface area contributed by atoms with Crippen molar-refractivity contribution in [2.24, 2.45) is 5.92 Å². The highest BCUT2D eigenvalue weighted by Gasteiger charge is 2.32. The van der Waals surface area contributed by atoms with Crippen LogP contribution in [-0.2, 0) is 4.74 Å². The molecule has 2 heterocycles. The molecular formula is C16H20O3. The van der Waals surface area contributed by atoms with Crippen molar-refractivity contribution in [1.29, 1.82) is 0 Å². The van der Waals surface area contributed by atoms with Crippen LogP contribution in [0.4, 0.5) is 0 Å². The van der Waals surface area contributed by atoms with Crippen LogP contribution in [0.15, 0.2) is 30.4 Å². The lowest BCUT2D eigenvalue weighted by Crippen LogP contribution is -2.28. The van der Waals surface area contributed by atoms with E-state index in [4.69, 9.17) is 14.2 Å². The summed E-state index contributed by atoms with van der Waals surface area (Å²) in [6, 6.07) is 6.09. The first kappa shape index (κ1) is 12.5. The van der Waals surface area contributed by atoms with E-state index in [0.717, 1.165) is 29.9 Å². The van der Waals surface area contributed by atoms with E-state index in [1.807, 2.05) is 12.1 Å². The maximum Gasteiger partial charge on any atom is 0.231 e. The summed E-state index contributed by atoms with van der Waals surface area (Å²) in [5, 5.41) is 0. The number of rotatable bonds is 2. The van der Waals surface area contributed by atoms with Gasteiger partial charge in [0, 0.05) is 5.92 Å². The summed E-state index contributed by atoms with van der Waals surface area (Å²) in [6.45, 7) is 8.65. The van der Waals surface area contributed by atoms with Crippen LogP contribution in [0.25, 0.3) is 0 Å². The Morgan fingerprint density at radius 1 is 1.21 bits per heavy atom. The van der Waals surface area contributed by atoms with Crippen molar-refractivity contribution < 1.29 is 14.2 Å². The van der Waals surface area contributed by atoms with Gasteiger partial charge in [0.25, 0.3) is 0 Å². The molecule has 0 amide bonds. The molecule has 3 nitrogen and oxygen atoms in total. The third-order valence-corrected chi connectivity index (χ3v) is 3.99. The fourth-order valence-corrected chi connectivity index (χ4v) is 2.88. The van der Waals surface area contributed by atoms with Gasteiger partial charge in [0.15, 0.2) is 11.5 Å². The highest BCUT2D eigenvalue weighted by Crippen LogP contribution is 2.42. The van der Waals surface area contributed by atoms with Gasteiger partial charge in [-0.05, 0) is 44.4 Å². The largest absolute Gasteiger partial charge is 0.454 e. The minimum absolute atomic E-state index is 0.0794. The van der Waals surface area contributed by atoms with E-state index in [0.29, 0.717) is 18.8 Å². The first-order valence-electron chi connectivity index (χ1n) is 6.85. The third kappa shape index (κ3) is 2.35. The van der Waals surface area contributed by atoms with E-state index in [9.17, 15) is 0 Å². The van der Waals surface area contributed by atoms with Gasteiger partial charge in [0.05, 0.1) is 12.2 Å². The molecule has 0 bridgehead atoms. The lowest BCUT2D eigenvalue weighted by atomic mass is 9.83. The van der Waals surface area contributed by atoms with Crippen molar-refractivity contribution in [2.75, 3.05) is 6.79 Å². The molecule has 0 N–H and O–H groups in total. The number of hydrogen-bond donors (Lipinski definition) is 0. The van der Waals surface area contributed by atoms with Crippen molar-refractivity contribution in [1.82, 2.24) is 0 Å². The van der Waals surface area contributed by atoms with Gasteiger partial charge in [-0.3, -0.25) is 0 Å². The molecule has 1 aromatic rings. The highest BCUT2D eigenvalue weighted by molar-refractivity contribution is 5.45. The molecule has 0 radical (unpaired) electrons. The Bertz CT molecular complexity index is 495. The third-order valence-electron chi connectivity index (χ3n) is 3.99. The second kappa shape index (κ2) is 4.89. The molecule has 19 heavy (non-hydrogen) atoms. The molecular weight excluding hydrogens is 240 g/mol. The number of ether oxygens (including phenoxy) is 3. The molecule has 1 saturated heterocycles. The molecule has 0 unspecified atom stereocenters. The minimum atomic E-state index is 0.0794. The second-order valence-corrected chi connectivity index (χ2v) is 5.51. The highest BCUT2D eigenvalue weighted by atomic mass is 16.7. The number of fused-ring (bicyclic) bond motifs is 1. The van der Waals surface area contributed by atoms with E-state index in [-0.39, 0.29) is 6.10 Å². The summed E-state index contributed by atoms with van der Waals surface area (Å²) in [5.74, 6) is 2.02. The van der Waals surface area contributed by atoms with Crippen molar-refractivity contribution in [3.8, 4) is 11.5 Å². The van der Waals surface area contributed by atoms with Gasteiger partial charge in [0.2, 0.25) is 6.79 Å². The van der Waals surface area contributed by atoms with Crippen molar-refractivity contribution >= 4 is 0 Å². The summed E-state index contributed by atoms with van der Waals surface area (Å²) < 4.78 is 17.0. The first-order valence-corrected chi connectivity index (χ1v) is 6.85. The minimum Gasteiger partial charge on any atom is -0.454 e. The van der Waals surface area contributed by atoms with Gasteiger partial charge in [-0.2, -0.15) is 0 Å². The molecule has 102 valence electrons. The normalized spacial score (nSPS) is 29.3. The standard InChI is InChI=1S/C16H20O3/c1-10(2)13-6-4-11(3)19-16(13)12-5-7-14-15(8-12)18-9-17-14/h5,7-8,11,13,16H,1,4,6,9H2,2-3H3/t11-,13+,16-/m1/s1. The van der Waals surface area contributed by atoms with Crippen molar-refractivity contribution in [2.45, 2.75) is 38.9 Å². The smallest absolute Gasteiger partial charge is 0.231 e. The van der Waals surface area contributed by atoms with Gasteiger partial charge in [-0.1, -0.05) is 18.2 Å². The summed E-state index contributed by atoms with van der Waals surface area (Å²) in [4.78, 5) is 0. The maximum absolute atomic E-state index is 6.15. The van der Waals surface area contributed by atoms with E-state index in [1.54, 1.807) is 0 Å². The van der Waals surface area contributed by atoms with Gasteiger partial charge in [-0.25, -0.2) is 0 Å². The molecule has 0 spiro atoms. The average molecular weight is 260 g/mol. The maximum atomic E-state index is 6.15. The number of hydrogen-bond acceptors (Lipinski definition) is 3. The predicted molar refractivity (Wildman–Crippen MR) is 73.4 cm³/mol. The van der Waals surface area contributed by atoms with E-state index >= 15 is 0 Å². The van der Waals surface area contributed by atoms with Gasteiger partial charge >= 0.3 is 0 Å². The average Bonchev–Trinajstić information content (AvgIpc) is 2.85. The van der Waals surface area contributed by atoms with E-state index in [1.165, 1.54) is 5.57 Å². The number of benzene rings is 1. The molecule has 1 aromatic carbocycles. The Balaban J connectivity index is 1.91. The van der Waals surface area contributed by atoms with Gasteiger partial charge in [-0.15, -0.1) is 0 Å². The van der Waals surface area contributed by atoms with Crippen LogP contribution in [0.3, 0.4) is 0 Å². The Morgan fingerprint density at radius 2 is 2.00 bits per heavy atom. The van der Waals surface area contributed by atoms with Crippen molar-refractivity contribution in [3.63, 3.8) is 0 Å². The SMILES string of the molecule is C=C(C)[C@@H]1CC[C@@H](C)O[C@@H]1c1ccc2c(c1)OCO2. The zero-order valence-electron chi connectivity index (χ0n) is 11.5. The fourth-order valence-electron chi connectivity index (χ4n) is 2.88. The summed E-state index contributed by atoms with van der Waals surface area (Å²) >= 11 is 0. The Labute approximate surface area is 114 Å². The van der Waals surface area contributed by atoms with Crippen molar-refractivity contribution in [3.05, 3.63) is 35.9 Å². The van der Waals surface area contributed by atoms with E-state index in [2.05, 4.69) is 26.5 Å². The van der Waals surface area contributed by atoms with Crippen LogP contribution in [0, 0.1) is 5.92 Å². The van der Waals surface area contributed by atoms with Crippen LogP contribution in [0.2, 0.25) is 0 Å². The van der Waals surface area contributed by atoms with Crippen LogP contribution in [0.5, 0.6) is 11.5 Å². The Morgan fingerprint density at radius 3 is 2.79 bits per heavy atom. The lowest BCUT2D eigenvalue weighted by molar-refractivity contribution is -0.0672. The van der Waals surface area contributed by atoms with Crippen LogP contribution < -0.4 is 9.47 Å². The summed E-state index contributed by atoms with van der Waals surface area (Å²) in [6.07, 6.45) is 2.61. The summed E-state index contributed by atoms with van der Waals surface area (Å²) in [5.41, 5.74) is 2.35. The van der Waals surface area contributed by atoms with Crippen LogP contribution in [0.1, 0.15) is 38.4 Å². The van der Waals surface area contributed by atoms with Crippen LogP contribution >= 0.6 is 0 Å². The Hall–Kier alpha value is -1.48. The molecule has 3 atom stereocenters. The molecule has 1 fully saturated rings. The molecule has 2 aliphatic heterocycles. The second-order valence-electron chi connectivity index (χ2n) is 5.51. The zero-order chi connectivity index (χ0) is 13.4.